The van der Waals surface area contributed by atoms with Crippen LogP contribution in [0.4, 0.5) is 13.2 Å². The van der Waals surface area contributed by atoms with E-state index < -0.39 is 17.7 Å². The number of fused-ring (bicyclic) bond motifs is 1. The summed E-state index contributed by atoms with van der Waals surface area (Å²) in [4.78, 5) is 10.7. The maximum absolute atomic E-state index is 13.1. The zero-order valence-corrected chi connectivity index (χ0v) is 10.9. The number of hydrogen-bond acceptors (Lipinski definition) is 2. The molecule has 2 rings (SSSR count). The highest BCUT2D eigenvalue weighted by Gasteiger charge is 2.36. The minimum atomic E-state index is -4.77. The first-order chi connectivity index (χ1) is 9.84. The molecule has 0 saturated carbocycles. The number of hydrogen-bond donors (Lipinski definition) is 1. The Hall–Kier alpha value is -2.50. The van der Waals surface area contributed by atoms with E-state index in [0.29, 0.717) is 11.1 Å². The largest absolute Gasteiger partial charge is 0.496 e. The molecule has 6 heteroatoms. The van der Waals surface area contributed by atoms with E-state index in [1.54, 1.807) is 18.2 Å². The summed E-state index contributed by atoms with van der Waals surface area (Å²) < 4.78 is 44.5. The Morgan fingerprint density at radius 3 is 2.29 bits per heavy atom. The minimum absolute atomic E-state index is 0.175. The SMILES string of the molecule is COc1ccc(C(=CC(=O)O)C(F)(F)F)c2ccccc12. The van der Waals surface area contributed by atoms with Crippen LogP contribution in [-0.4, -0.2) is 24.4 Å². The summed E-state index contributed by atoms with van der Waals surface area (Å²) in [6, 6.07) is 8.96. The van der Waals surface area contributed by atoms with Gasteiger partial charge in [0.25, 0.3) is 0 Å². The van der Waals surface area contributed by atoms with E-state index in [9.17, 15) is 18.0 Å². The summed E-state index contributed by atoms with van der Waals surface area (Å²) in [6.45, 7) is 0. The Morgan fingerprint density at radius 2 is 1.76 bits per heavy atom. The molecule has 110 valence electrons. The van der Waals surface area contributed by atoms with Gasteiger partial charge >= 0.3 is 12.1 Å². The molecule has 21 heavy (non-hydrogen) atoms. The Kier molecular flexibility index (Phi) is 3.88. The number of alkyl halides is 3. The van der Waals surface area contributed by atoms with E-state index in [1.165, 1.54) is 25.3 Å². The molecule has 2 aromatic carbocycles. The van der Waals surface area contributed by atoms with Gasteiger partial charge in [-0.05, 0) is 17.0 Å². The molecule has 0 fully saturated rings. The number of carboxylic acids is 1. The summed E-state index contributed by atoms with van der Waals surface area (Å²) in [7, 11) is 1.42. The van der Waals surface area contributed by atoms with E-state index in [4.69, 9.17) is 9.84 Å². The van der Waals surface area contributed by atoms with Crippen LogP contribution >= 0.6 is 0 Å². The molecule has 2 aromatic rings. The van der Waals surface area contributed by atoms with E-state index in [-0.39, 0.29) is 17.0 Å². The Balaban J connectivity index is 2.79. The van der Waals surface area contributed by atoms with Crippen LogP contribution in [0.5, 0.6) is 5.75 Å². The van der Waals surface area contributed by atoms with Gasteiger partial charge in [-0.1, -0.05) is 30.3 Å². The van der Waals surface area contributed by atoms with Crippen LogP contribution in [0.25, 0.3) is 16.3 Å². The van der Waals surface area contributed by atoms with Crippen molar-refractivity contribution >= 4 is 22.3 Å². The van der Waals surface area contributed by atoms with Crippen molar-refractivity contribution in [3.05, 3.63) is 48.0 Å². The van der Waals surface area contributed by atoms with Gasteiger partial charge in [0.05, 0.1) is 12.7 Å². The lowest BCUT2D eigenvalue weighted by Gasteiger charge is -2.15. The van der Waals surface area contributed by atoms with Gasteiger partial charge in [0.2, 0.25) is 0 Å². The molecule has 0 radical (unpaired) electrons. The van der Waals surface area contributed by atoms with Crippen molar-refractivity contribution in [3.8, 4) is 5.75 Å². The molecular weight excluding hydrogens is 285 g/mol. The second kappa shape index (κ2) is 5.47. The standard InChI is InChI=1S/C15H11F3O3/c1-21-13-7-6-10(9-4-2-3-5-11(9)13)12(8-14(19)20)15(16,17)18/h2-8H,1H3,(H,19,20). The number of ether oxygens (including phenoxy) is 1. The highest BCUT2D eigenvalue weighted by molar-refractivity contribution is 6.01. The Bertz CT molecular complexity index is 718. The molecule has 0 unspecified atom stereocenters. The molecular formula is C15H11F3O3. The van der Waals surface area contributed by atoms with Crippen molar-refractivity contribution < 1.29 is 27.8 Å². The summed E-state index contributed by atoms with van der Waals surface area (Å²) >= 11 is 0. The second-order valence-electron chi connectivity index (χ2n) is 4.25. The summed E-state index contributed by atoms with van der Waals surface area (Å²) in [5.74, 6) is -1.23. The topological polar surface area (TPSA) is 46.5 Å². The second-order valence-corrected chi connectivity index (χ2v) is 4.25. The summed E-state index contributed by atoms with van der Waals surface area (Å²) in [5.41, 5.74) is -1.39. The third kappa shape index (κ3) is 2.99. The third-order valence-electron chi connectivity index (χ3n) is 2.97. The van der Waals surface area contributed by atoms with Gasteiger partial charge in [0.15, 0.2) is 0 Å². The Morgan fingerprint density at radius 1 is 1.14 bits per heavy atom. The zero-order chi connectivity index (χ0) is 15.6. The molecule has 1 N–H and O–H groups in total. The van der Waals surface area contributed by atoms with Crippen molar-refractivity contribution in [2.75, 3.05) is 7.11 Å². The molecule has 0 aromatic heterocycles. The van der Waals surface area contributed by atoms with Crippen LogP contribution in [0.1, 0.15) is 5.56 Å². The van der Waals surface area contributed by atoms with Crippen LogP contribution in [0, 0.1) is 0 Å². The maximum Gasteiger partial charge on any atom is 0.417 e. The van der Waals surface area contributed by atoms with E-state index >= 15 is 0 Å². The van der Waals surface area contributed by atoms with Gasteiger partial charge in [-0.25, -0.2) is 4.79 Å². The summed E-state index contributed by atoms with van der Waals surface area (Å²) in [6.07, 6.45) is -4.59. The number of rotatable bonds is 3. The fourth-order valence-electron chi connectivity index (χ4n) is 2.12. The lowest BCUT2D eigenvalue weighted by molar-refractivity contribution is -0.131. The predicted molar refractivity (Wildman–Crippen MR) is 72.2 cm³/mol. The number of benzene rings is 2. The quantitative estimate of drug-likeness (QED) is 0.874. The molecule has 0 spiro atoms. The molecule has 0 bridgehead atoms. The number of carbonyl (C=O) groups is 1. The number of carboxylic acid groups (broad SMARTS) is 1. The van der Waals surface area contributed by atoms with Crippen molar-refractivity contribution in [3.63, 3.8) is 0 Å². The summed E-state index contributed by atoms with van der Waals surface area (Å²) in [5, 5.41) is 9.44. The van der Waals surface area contributed by atoms with Gasteiger partial charge < -0.3 is 9.84 Å². The normalized spacial score (nSPS) is 12.5. The van der Waals surface area contributed by atoms with Crippen molar-refractivity contribution in [1.29, 1.82) is 0 Å². The van der Waals surface area contributed by atoms with Crippen LogP contribution in [0.3, 0.4) is 0 Å². The first-order valence-electron chi connectivity index (χ1n) is 5.92. The number of allylic oxidation sites excluding steroid dienone is 1. The molecule has 0 saturated heterocycles. The average Bonchev–Trinajstić information content (AvgIpc) is 2.42. The fraction of sp³-hybridized carbons (Fsp3) is 0.133. The highest BCUT2D eigenvalue weighted by atomic mass is 19.4. The van der Waals surface area contributed by atoms with E-state index in [1.807, 2.05) is 0 Å². The first-order valence-corrected chi connectivity index (χ1v) is 5.92. The lowest BCUT2D eigenvalue weighted by Crippen LogP contribution is -2.13. The van der Waals surface area contributed by atoms with E-state index in [2.05, 4.69) is 0 Å². The van der Waals surface area contributed by atoms with Gasteiger partial charge in [0.1, 0.15) is 5.75 Å². The van der Waals surface area contributed by atoms with Gasteiger partial charge in [-0.2, -0.15) is 13.2 Å². The molecule has 0 atom stereocenters. The predicted octanol–water partition coefficient (Wildman–Crippen LogP) is 3.88. The molecule has 0 aliphatic heterocycles. The molecule has 0 aliphatic rings. The van der Waals surface area contributed by atoms with Gasteiger partial charge in [-0.3, -0.25) is 0 Å². The minimum Gasteiger partial charge on any atom is -0.496 e. The van der Waals surface area contributed by atoms with E-state index in [0.717, 1.165) is 0 Å². The van der Waals surface area contributed by atoms with Crippen LogP contribution in [-0.2, 0) is 4.79 Å². The van der Waals surface area contributed by atoms with Crippen molar-refractivity contribution in [1.82, 2.24) is 0 Å². The molecule has 0 amide bonds. The molecule has 0 aliphatic carbocycles. The monoisotopic (exact) mass is 296 g/mol. The number of methoxy groups -OCH3 is 1. The zero-order valence-electron chi connectivity index (χ0n) is 10.9. The average molecular weight is 296 g/mol. The van der Waals surface area contributed by atoms with Crippen LogP contribution in [0.15, 0.2) is 42.5 Å². The van der Waals surface area contributed by atoms with Crippen molar-refractivity contribution in [2.24, 2.45) is 0 Å². The third-order valence-corrected chi connectivity index (χ3v) is 2.97. The lowest BCUT2D eigenvalue weighted by atomic mass is 9.97. The molecule has 0 heterocycles. The van der Waals surface area contributed by atoms with Gasteiger partial charge in [0, 0.05) is 11.5 Å². The highest BCUT2D eigenvalue weighted by Crippen LogP contribution is 2.39. The smallest absolute Gasteiger partial charge is 0.417 e. The van der Waals surface area contributed by atoms with Crippen molar-refractivity contribution in [2.45, 2.75) is 6.18 Å². The fourth-order valence-corrected chi connectivity index (χ4v) is 2.12. The first kappa shape index (κ1) is 14.9. The van der Waals surface area contributed by atoms with Crippen LogP contribution in [0.2, 0.25) is 0 Å². The maximum atomic E-state index is 13.1. The number of halogens is 3. The van der Waals surface area contributed by atoms with Crippen LogP contribution < -0.4 is 4.74 Å². The Labute approximate surface area is 118 Å². The molecule has 3 nitrogen and oxygen atoms in total. The van der Waals surface area contributed by atoms with Gasteiger partial charge in [-0.15, -0.1) is 0 Å². The number of aliphatic carboxylic acids is 1.